The van der Waals surface area contributed by atoms with Crippen LogP contribution in [0, 0.1) is 20.6 Å². The molecule has 0 atom stereocenters. The van der Waals surface area contributed by atoms with E-state index in [9.17, 15) is 14.9 Å². The largest absolute Gasteiger partial charge is 0.322 e. The molecule has 0 aromatic heterocycles. The fourth-order valence-electron chi connectivity index (χ4n) is 1.71. The number of carbonyl (C=O) groups is 1. The molecule has 108 valence electrons. The lowest BCUT2D eigenvalue weighted by atomic mass is 10.1. The maximum atomic E-state index is 12.2. The third kappa shape index (κ3) is 3.59. The van der Waals surface area contributed by atoms with Crippen molar-refractivity contribution in [2.24, 2.45) is 0 Å². The molecule has 1 amide bonds. The van der Waals surface area contributed by atoms with Crippen molar-refractivity contribution in [3.63, 3.8) is 0 Å². The van der Waals surface area contributed by atoms with Crippen molar-refractivity contribution < 1.29 is 9.72 Å². The van der Waals surface area contributed by atoms with E-state index < -0.39 is 10.8 Å². The zero-order valence-electron chi connectivity index (χ0n) is 10.9. The Kier molecular flexibility index (Phi) is 4.94. The first kappa shape index (κ1) is 15.9. The van der Waals surface area contributed by atoms with Crippen molar-refractivity contribution in [2.75, 3.05) is 5.32 Å². The number of nitrogens with zero attached hydrogens (tertiary/aromatic N) is 1. The Morgan fingerprint density at radius 2 is 2.05 bits per heavy atom. The molecule has 2 aromatic rings. The summed E-state index contributed by atoms with van der Waals surface area (Å²) >= 11 is 5.30. The zero-order chi connectivity index (χ0) is 15.6. The molecular weight excluding hydrogens is 451 g/mol. The second kappa shape index (κ2) is 6.52. The van der Waals surface area contributed by atoms with Crippen LogP contribution >= 0.6 is 38.5 Å². The van der Waals surface area contributed by atoms with Crippen molar-refractivity contribution in [1.82, 2.24) is 0 Å². The fourth-order valence-corrected chi connectivity index (χ4v) is 2.81. The van der Waals surface area contributed by atoms with Crippen LogP contribution in [-0.2, 0) is 0 Å². The van der Waals surface area contributed by atoms with E-state index in [0.717, 1.165) is 9.13 Å². The van der Waals surface area contributed by atoms with Gasteiger partial charge in [-0.3, -0.25) is 14.9 Å². The first-order chi connectivity index (χ1) is 9.90. The van der Waals surface area contributed by atoms with Crippen LogP contribution in [0.1, 0.15) is 15.9 Å². The molecule has 7 heteroatoms. The highest BCUT2D eigenvalue weighted by Gasteiger charge is 2.19. The Morgan fingerprint density at radius 3 is 2.67 bits per heavy atom. The van der Waals surface area contributed by atoms with Crippen LogP contribution in [-0.4, -0.2) is 10.8 Å². The molecule has 0 heterocycles. The van der Waals surface area contributed by atoms with Crippen LogP contribution in [0.25, 0.3) is 0 Å². The number of amides is 1. The first-order valence-electron chi connectivity index (χ1n) is 5.90. The van der Waals surface area contributed by atoms with Gasteiger partial charge in [-0.15, -0.1) is 0 Å². The Hall–Kier alpha value is -1.48. The highest BCUT2D eigenvalue weighted by Crippen LogP contribution is 2.29. The average Bonchev–Trinajstić information content (AvgIpc) is 2.42. The normalized spacial score (nSPS) is 10.2. The Balaban J connectivity index is 2.30. The Morgan fingerprint density at radius 1 is 1.33 bits per heavy atom. The van der Waals surface area contributed by atoms with Gasteiger partial charge in [-0.05, 0) is 69.2 Å². The Labute approximate surface area is 143 Å². The highest BCUT2D eigenvalue weighted by molar-refractivity contribution is 14.1. The smallest absolute Gasteiger partial charge is 0.284 e. The lowest BCUT2D eigenvalue weighted by molar-refractivity contribution is -0.385. The molecule has 0 aliphatic heterocycles. The van der Waals surface area contributed by atoms with Gasteiger partial charge in [0.1, 0.15) is 4.47 Å². The average molecular weight is 461 g/mol. The zero-order valence-corrected chi connectivity index (χ0v) is 14.6. The summed E-state index contributed by atoms with van der Waals surface area (Å²) in [5.74, 6) is -0.398. The molecule has 0 saturated heterocycles. The van der Waals surface area contributed by atoms with Gasteiger partial charge in [0.15, 0.2) is 0 Å². The van der Waals surface area contributed by atoms with E-state index in [4.69, 9.17) is 0 Å². The van der Waals surface area contributed by atoms with Crippen molar-refractivity contribution in [1.29, 1.82) is 0 Å². The third-order valence-electron chi connectivity index (χ3n) is 2.85. The van der Waals surface area contributed by atoms with Crippen LogP contribution < -0.4 is 5.32 Å². The summed E-state index contributed by atoms with van der Waals surface area (Å²) in [6.45, 7) is 1.98. The van der Waals surface area contributed by atoms with Gasteiger partial charge in [-0.25, -0.2) is 0 Å². The monoisotopic (exact) mass is 460 g/mol. The topological polar surface area (TPSA) is 72.2 Å². The van der Waals surface area contributed by atoms with Gasteiger partial charge in [0, 0.05) is 15.3 Å². The quantitative estimate of drug-likeness (QED) is 0.415. The number of nitro benzene ring substituents is 1. The third-order valence-corrected chi connectivity index (χ3v) is 4.84. The van der Waals surface area contributed by atoms with Gasteiger partial charge in [-0.1, -0.05) is 12.1 Å². The van der Waals surface area contributed by atoms with E-state index in [2.05, 4.69) is 43.8 Å². The number of nitro groups is 1. The first-order valence-corrected chi connectivity index (χ1v) is 7.77. The van der Waals surface area contributed by atoms with Crippen LogP contribution in [0.4, 0.5) is 11.4 Å². The number of carbonyl (C=O) groups excluding carboxylic acids is 1. The van der Waals surface area contributed by atoms with Gasteiger partial charge >= 0.3 is 0 Å². The highest BCUT2D eigenvalue weighted by atomic mass is 127. The molecule has 21 heavy (non-hydrogen) atoms. The standard InChI is InChI=1S/C14H10BrIN2O3/c1-8-5-6-9(7-11(8)16)17-14(19)10-3-2-4-12(13(10)15)18(20)21/h2-7H,1H3,(H,17,19). The summed E-state index contributed by atoms with van der Waals surface area (Å²) < 4.78 is 1.21. The van der Waals surface area contributed by atoms with Crippen molar-refractivity contribution in [3.05, 3.63) is 65.7 Å². The fraction of sp³-hybridized carbons (Fsp3) is 0.0714. The lowest BCUT2D eigenvalue weighted by Crippen LogP contribution is -2.13. The summed E-state index contributed by atoms with van der Waals surface area (Å²) in [6, 6.07) is 9.90. The predicted molar refractivity (Wildman–Crippen MR) is 92.6 cm³/mol. The molecule has 1 N–H and O–H groups in total. The van der Waals surface area contributed by atoms with Crippen LogP contribution in [0.2, 0.25) is 0 Å². The lowest BCUT2D eigenvalue weighted by Gasteiger charge is -2.08. The summed E-state index contributed by atoms with van der Waals surface area (Å²) in [7, 11) is 0. The van der Waals surface area contributed by atoms with Gasteiger partial charge in [0.05, 0.1) is 10.5 Å². The number of rotatable bonds is 3. The molecule has 2 aromatic carbocycles. The molecule has 5 nitrogen and oxygen atoms in total. The summed E-state index contributed by atoms with van der Waals surface area (Å²) in [4.78, 5) is 22.6. The summed E-state index contributed by atoms with van der Waals surface area (Å²) in [5.41, 5.74) is 1.85. The number of anilines is 1. The van der Waals surface area contributed by atoms with Crippen molar-refractivity contribution in [3.8, 4) is 0 Å². The number of nitrogens with one attached hydrogen (secondary N) is 1. The van der Waals surface area contributed by atoms with E-state index in [1.807, 2.05) is 19.1 Å². The number of halogens is 2. The Bertz CT molecular complexity index is 734. The molecule has 0 aliphatic carbocycles. The molecular formula is C14H10BrIN2O3. The minimum atomic E-state index is -0.532. The number of hydrogen-bond acceptors (Lipinski definition) is 3. The van der Waals surface area contributed by atoms with Gasteiger partial charge in [0.25, 0.3) is 11.6 Å². The molecule has 0 fully saturated rings. The molecule has 0 spiro atoms. The molecule has 0 unspecified atom stereocenters. The van der Waals surface area contributed by atoms with Crippen LogP contribution in [0.3, 0.4) is 0 Å². The van der Waals surface area contributed by atoms with E-state index >= 15 is 0 Å². The number of aryl methyl sites for hydroxylation is 1. The summed E-state index contributed by atoms with van der Waals surface area (Å²) in [5, 5.41) is 13.6. The molecule has 0 radical (unpaired) electrons. The maximum Gasteiger partial charge on any atom is 0.284 e. The van der Waals surface area contributed by atoms with E-state index in [1.54, 1.807) is 6.07 Å². The SMILES string of the molecule is Cc1ccc(NC(=O)c2cccc([N+](=O)[O-])c2Br)cc1I. The van der Waals surface area contributed by atoms with E-state index in [0.29, 0.717) is 5.69 Å². The number of hydrogen-bond donors (Lipinski definition) is 1. The predicted octanol–water partition coefficient (Wildman–Crippen LogP) is 4.52. The second-order valence-electron chi connectivity index (χ2n) is 4.31. The number of benzene rings is 2. The van der Waals surface area contributed by atoms with Gasteiger partial charge in [0.2, 0.25) is 0 Å². The molecule has 2 rings (SSSR count). The second-order valence-corrected chi connectivity index (χ2v) is 6.27. The molecule has 0 saturated carbocycles. The van der Waals surface area contributed by atoms with Crippen molar-refractivity contribution >= 4 is 55.8 Å². The van der Waals surface area contributed by atoms with E-state index in [-0.39, 0.29) is 15.7 Å². The van der Waals surface area contributed by atoms with Crippen LogP contribution in [0.15, 0.2) is 40.9 Å². The summed E-state index contributed by atoms with van der Waals surface area (Å²) in [6.07, 6.45) is 0. The minimum Gasteiger partial charge on any atom is -0.322 e. The van der Waals surface area contributed by atoms with Gasteiger partial charge in [-0.2, -0.15) is 0 Å². The van der Waals surface area contributed by atoms with Crippen molar-refractivity contribution in [2.45, 2.75) is 6.92 Å². The minimum absolute atomic E-state index is 0.138. The molecule has 0 aliphatic rings. The maximum absolute atomic E-state index is 12.2. The van der Waals surface area contributed by atoms with Gasteiger partial charge < -0.3 is 5.32 Å². The van der Waals surface area contributed by atoms with Crippen LogP contribution in [0.5, 0.6) is 0 Å². The molecule has 0 bridgehead atoms. The van der Waals surface area contributed by atoms with E-state index in [1.165, 1.54) is 18.2 Å².